The molecule has 2 saturated heterocycles. The lowest BCUT2D eigenvalue weighted by Gasteiger charge is -2.32. The second-order valence-corrected chi connectivity index (χ2v) is 10.7. The number of fused-ring (bicyclic) bond motifs is 8. The Morgan fingerprint density at radius 1 is 1.16 bits per heavy atom. The molecule has 2 aliphatic heterocycles. The Hall–Kier alpha value is -2.89. The van der Waals surface area contributed by atoms with E-state index in [2.05, 4.69) is 10.3 Å². The molecule has 2 saturated carbocycles. The van der Waals surface area contributed by atoms with Gasteiger partial charge in [0.2, 0.25) is 11.8 Å². The summed E-state index contributed by atoms with van der Waals surface area (Å²) in [6.07, 6.45) is -3.22. The van der Waals surface area contributed by atoms with Crippen LogP contribution in [0.25, 0.3) is 0 Å². The molecule has 7 atom stereocenters. The van der Waals surface area contributed by atoms with Gasteiger partial charge in [-0.05, 0) is 36.1 Å². The number of nitrogens with zero attached hydrogens (tertiary/aromatic N) is 3. The summed E-state index contributed by atoms with van der Waals surface area (Å²) in [7, 11) is 3.51. The molecule has 8 nitrogen and oxygen atoms in total. The molecule has 38 heavy (non-hydrogen) atoms. The van der Waals surface area contributed by atoms with Crippen molar-refractivity contribution in [3.8, 4) is 5.75 Å². The zero-order valence-corrected chi connectivity index (χ0v) is 21.4. The van der Waals surface area contributed by atoms with Gasteiger partial charge < -0.3 is 10.1 Å². The van der Waals surface area contributed by atoms with Gasteiger partial charge >= 0.3 is 6.18 Å². The number of amides is 2. The highest BCUT2D eigenvalue weighted by atomic mass is 35.5. The summed E-state index contributed by atoms with van der Waals surface area (Å²) in [6.45, 7) is 0.187. The normalized spacial score (nSPS) is 32.2. The largest absolute Gasteiger partial charge is 0.497 e. The Bertz CT molecular complexity index is 1280. The van der Waals surface area contributed by atoms with E-state index in [0.717, 1.165) is 23.8 Å². The third kappa shape index (κ3) is 3.85. The third-order valence-electron chi connectivity index (χ3n) is 8.55. The molecule has 1 N–H and O–H groups in total. The molecule has 7 unspecified atom stereocenters. The maximum atomic E-state index is 13.5. The van der Waals surface area contributed by atoms with Crippen LogP contribution in [0, 0.1) is 29.6 Å². The number of carbonyl (C=O) groups is 2. The van der Waals surface area contributed by atoms with Crippen LogP contribution in [0.4, 0.5) is 19.0 Å². The van der Waals surface area contributed by atoms with Crippen LogP contribution < -0.4 is 10.1 Å². The molecule has 4 aliphatic rings. The number of pyridine rings is 1. The molecule has 3 heterocycles. The first-order valence-corrected chi connectivity index (χ1v) is 12.8. The van der Waals surface area contributed by atoms with Crippen LogP contribution in [0.2, 0.25) is 5.02 Å². The van der Waals surface area contributed by atoms with Gasteiger partial charge in [0.15, 0.2) is 0 Å². The fourth-order valence-electron chi connectivity index (χ4n) is 7.07. The minimum absolute atomic E-state index is 0.0208. The third-order valence-corrected chi connectivity index (χ3v) is 8.84. The number of hydroxylamine groups is 2. The van der Waals surface area contributed by atoms with Gasteiger partial charge in [0.05, 0.1) is 41.7 Å². The number of aromatic nitrogens is 1. The number of likely N-dealkylation sites (tertiary alicyclic amines) is 1. The molecule has 2 aromatic rings. The van der Waals surface area contributed by atoms with E-state index in [0.29, 0.717) is 6.20 Å². The van der Waals surface area contributed by atoms with Crippen molar-refractivity contribution in [3.05, 3.63) is 52.7 Å². The molecule has 4 fully saturated rings. The molecule has 2 bridgehead atoms. The van der Waals surface area contributed by atoms with Crippen LogP contribution in [-0.2, 0) is 20.6 Å². The first-order chi connectivity index (χ1) is 18.1. The fraction of sp³-hybridized carbons (Fsp3) is 0.500. The van der Waals surface area contributed by atoms with Gasteiger partial charge in [-0.3, -0.25) is 19.3 Å². The van der Waals surface area contributed by atoms with E-state index in [1.807, 2.05) is 36.4 Å². The standard InChI is InChI=1S/C26H26ClF3N4O4/c1-33-21(12-3-5-14(37-2)6-4-12)20-15-10-16(22(20)38-33)19-18(15)24(35)34(25(19)36)8-7-31-23-17(27)9-13(11-32-23)26(28,29)30/h3-6,9,11,15-16,18-22H,7-8,10H2,1-2H3,(H,31,32). The van der Waals surface area contributed by atoms with Gasteiger partial charge in [-0.2, -0.15) is 18.2 Å². The summed E-state index contributed by atoms with van der Waals surface area (Å²) in [6, 6.07) is 8.59. The molecular weight excluding hydrogens is 525 g/mol. The molecule has 2 aliphatic carbocycles. The van der Waals surface area contributed by atoms with Crippen molar-refractivity contribution in [1.29, 1.82) is 0 Å². The molecule has 0 spiro atoms. The lowest BCUT2D eigenvalue weighted by Crippen LogP contribution is -2.39. The second kappa shape index (κ2) is 9.10. The van der Waals surface area contributed by atoms with Gasteiger partial charge in [-0.1, -0.05) is 23.7 Å². The average Bonchev–Trinajstić information content (AvgIpc) is 3.59. The van der Waals surface area contributed by atoms with Crippen molar-refractivity contribution < 1.29 is 32.3 Å². The van der Waals surface area contributed by atoms with Crippen molar-refractivity contribution in [2.75, 3.05) is 32.6 Å². The number of ether oxygens (including phenoxy) is 1. The minimum atomic E-state index is -4.55. The number of halogens is 4. The van der Waals surface area contributed by atoms with E-state index < -0.39 is 23.6 Å². The Balaban J connectivity index is 1.15. The Morgan fingerprint density at radius 2 is 1.84 bits per heavy atom. The minimum Gasteiger partial charge on any atom is -0.497 e. The second-order valence-electron chi connectivity index (χ2n) is 10.3. The quantitative estimate of drug-likeness (QED) is 0.544. The molecule has 12 heteroatoms. The maximum absolute atomic E-state index is 13.5. The average molecular weight is 551 g/mol. The number of anilines is 1. The lowest BCUT2D eigenvalue weighted by atomic mass is 9.70. The predicted octanol–water partition coefficient (Wildman–Crippen LogP) is 4.03. The van der Waals surface area contributed by atoms with Crippen molar-refractivity contribution in [1.82, 2.24) is 14.9 Å². The smallest absolute Gasteiger partial charge is 0.417 e. The number of methoxy groups -OCH3 is 1. The van der Waals surface area contributed by atoms with Crippen LogP contribution in [0.1, 0.15) is 23.6 Å². The van der Waals surface area contributed by atoms with Crippen molar-refractivity contribution in [3.63, 3.8) is 0 Å². The number of imide groups is 1. The van der Waals surface area contributed by atoms with E-state index in [1.165, 1.54) is 4.90 Å². The highest BCUT2D eigenvalue weighted by Gasteiger charge is 2.71. The first kappa shape index (κ1) is 25.4. The number of rotatable bonds is 6. The van der Waals surface area contributed by atoms with E-state index in [-0.39, 0.29) is 65.6 Å². The summed E-state index contributed by atoms with van der Waals surface area (Å²) in [5, 5.41) is 4.52. The van der Waals surface area contributed by atoms with Gasteiger partial charge in [0.1, 0.15) is 11.6 Å². The highest BCUT2D eigenvalue weighted by Crippen LogP contribution is 2.65. The zero-order chi connectivity index (χ0) is 26.9. The SMILES string of the molecule is COc1ccc(C2C3C4CC(C3ON2C)C2C(=O)N(CCNc3ncc(C(F)(F)F)cc3Cl)C(=O)C42)cc1. The van der Waals surface area contributed by atoms with Crippen molar-refractivity contribution in [2.24, 2.45) is 29.6 Å². The van der Waals surface area contributed by atoms with Gasteiger partial charge in [0, 0.05) is 38.2 Å². The highest BCUT2D eigenvalue weighted by molar-refractivity contribution is 6.33. The monoisotopic (exact) mass is 550 g/mol. The molecule has 6 rings (SSSR count). The van der Waals surface area contributed by atoms with E-state index in [4.69, 9.17) is 21.2 Å². The Morgan fingerprint density at radius 3 is 2.47 bits per heavy atom. The molecule has 1 aromatic carbocycles. The van der Waals surface area contributed by atoms with Crippen LogP contribution in [0.15, 0.2) is 36.5 Å². The molecule has 2 amide bonds. The number of nitrogens with one attached hydrogen (secondary N) is 1. The van der Waals surface area contributed by atoms with Crippen LogP contribution in [0.3, 0.4) is 0 Å². The molecule has 1 aromatic heterocycles. The fourth-order valence-corrected chi connectivity index (χ4v) is 7.30. The van der Waals surface area contributed by atoms with Gasteiger partial charge in [-0.15, -0.1) is 0 Å². The van der Waals surface area contributed by atoms with Gasteiger partial charge in [-0.25, -0.2) is 4.98 Å². The summed E-state index contributed by atoms with van der Waals surface area (Å²) < 4.78 is 43.9. The number of carbonyl (C=O) groups excluding carboxylic acids is 2. The van der Waals surface area contributed by atoms with E-state index >= 15 is 0 Å². The first-order valence-electron chi connectivity index (χ1n) is 12.5. The summed E-state index contributed by atoms with van der Waals surface area (Å²) in [5.41, 5.74) is 0.122. The summed E-state index contributed by atoms with van der Waals surface area (Å²) in [4.78, 5) is 38.1. The number of benzene rings is 1. The van der Waals surface area contributed by atoms with E-state index in [1.54, 1.807) is 7.11 Å². The number of alkyl halides is 3. The summed E-state index contributed by atoms with van der Waals surface area (Å²) >= 11 is 5.96. The van der Waals surface area contributed by atoms with E-state index in [9.17, 15) is 22.8 Å². The molecule has 202 valence electrons. The van der Waals surface area contributed by atoms with Crippen LogP contribution >= 0.6 is 11.6 Å². The van der Waals surface area contributed by atoms with Crippen molar-refractivity contribution in [2.45, 2.75) is 24.7 Å². The number of hydrogen-bond acceptors (Lipinski definition) is 7. The topological polar surface area (TPSA) is 84.0 Å². The molecular formula is C26H26ClF3N4O4. The number of hydrogen-bond donors (Lipinski definition) is 1. The van der Waals surface area contributed by atoms with Crippen molar-refractivity contribution >= 4 is 29.2 Å². The summed E-state index contributed by atoms with van der Waals surface area (Å²) in [5.74, 6) is -0.318. The van der Waals surface area contributed by atoms with Crippen LogP contribution in [0.5, 0.6) is 5.75 Å². The zero-order valence-electron chi connectivity index (χ0n) is 20.6. The van der Waals surface area contributed by atoms with Gasteiger partial charge in [0.25, 0.3) is 0 Å². The Labute approximate surface area is 222 Å². The molecule has 0 radical (unpaired) electrons. The lowest BCUT2D eigenvalue weighted by molar-refractivity contribution is -0.164. The predicted molar refractivity (Wildman–Crippen MR) is 130 cm³/mol. The van der Waals surface area contributed by atoms with Crippen LogP contribution in [-0.4, -0.2) is 60.1 Å². The Kier molecular flexibility index (Phi) is 6.08. The maximum Gasteiger partial charge on any atom is 0.417 e.